The summed E-state index contributed by atoms with van der Waals surface area (Å²) in [5.74, 6) is -0.0103. The Kier molecular flexibility index (Phi) is 4.54. The average molecular weight is 346 g/mol. The van der Waals surface area contributed by atoms with Gasteiger partial charge in [-0.1, -0.05) is 12.1 Å². The number of carbonyl (C=O) groups excluding carboxylic acids is 2. The van der Waals surface area contributed by atoms with Crippen LogP contribution in [0.4, 0.5) is 5.82 Å². The summed E-state index contributed by atoms with van der Waals surface area (Å²) in [5.41, 5.74) is 0.269. The van der Waals surface area contributed by atoms with E-state index in [-0.39, 0.29) is 17.5 Å². The maximum atomic E-state index is 12.1. The van der Waals surface area contributed by atoms with Gasteiger partial charge in [-0.3, -0.25) is 14.3 Å². The summed E-state index contributed by atoms with van der Waals surface area (Å²) < 4.78 is 1.48. The van der Waals surface area contributed by atoms with E-state index in [0.717, 1.165) is 4.88 Å². The topological polar surface area (TPSA) is 76.0 Å². The molecule has 3 heterocycles. The second kappa shape index (κ2) is 6.76. The number of nitrogens with one attached hydrogen (secondary N) is 2. The predicted molar refractivity (Wildman–Crippen MR) is 91.0 cm³/mol. The monoisotopic (exact) mass is 346 g/mol. The van der Waals surface area contributed by atoms with Crippen LogP contribution in [0.1, 0.15) is 25.0 Å². The molecule has 0 aromatic carbocycles. The van der Waals surface area contributed by atoms with E-state index in [9.17, 15) is 9.59 Å². The Bertz CT molecular complexity index is 807. The Hall–Kier alpha value is -2.45. The van der Waals surface area contributed by atoms with E-state index < -0.39 is 0 Å². The Balaban J connectivity index is 1.65. The molecule has 2 N–H and O–H groups in total. The van der Waals surface area contributed by atoms with Crippen LogP contribution in [0.25, 0.3) is 0 Å². The highest BCUT2D eigenvalue weighted by molar-refractivity contribution is 7.12. The highest BCUT2D eigenvalue weighted by Crippen LogP contribution is 2.14. The Morgan fingerprint density at radius 2 is 1.96 bits per heavy atom. The molecule has 8 heteroatoms. The fourth-order valence-corrected chi connectivity index (χ4v) is 3.22. The molecule has 0 aliphatic rings. The van der Waals surface area contributed by atoms with Gasteiger partial charge in [0.2, 0.25) is 0 Å². The van der Waals surface area contributed by atoms with Crippen molar-refractivity contribution in [3.05, 3.63) is 56.5 Å². The van der Waals surface area contributed by atoms with Gasteiger partial charge in [-0.2, -0.15) is 5.10 Å². The molecule has 0 saturated heterocycles. The normalized spacial score (nSPS) is 10.5. The smallest absolute Gasteiger partial charge is 0.272 e. The van der Waals surface area contributed by atoms with E-state index in [0.29, 0.717) is 17.2 Å². The summed E-state index contributed by atoms with van der Waals surface area (Å²) >= 11 is 2.94. The van der Waals surface area contributed by atoms with E-state index in [1.54, 1.807) is 30.5 Å². The van der Waals surface area contributed by atoms with Crippen LogP contribution in [0.15, 0.2) is 41.1 Å². The molecular formula is C15H14N4O2S2. The maximum absolute atomic E-state index is 12.1. The third kappa shape index (κ3) is 3.66. The zero-order valence-corrected chi connectivity index (χ0v) is 13.9. The van der Waals surface area contributed by atoms with Gasteiger partial charge in [-0.25, -0.2) is 0 Å². The van der Waals surface area contributed by atoms with E-state index in [4.69, 9.17) is 0 Å². The van der Waals surface area contributed by atoms with Gasteiger partial charge in [0.1, 0.15) is 5.82 Å². The van der Waals surface area contributed by atoms with Gasteiger partial charge in [0.15, 0.2) is 5.69 Å². The van der Waals surface area contributed by atoms with Gasteiger partial charge in [0, 0.05) is 18.0 Å². The molecule has 0 unspecified atom stereocenters. The lowest BCUT2D eigenvalue weighted by molar-refractivity contribution is 0.0944. The highest BCUT2D eigenvalue weighted by Gasteiger charge is 2.15. The van der Waals surface area contributed by atoms with E-state index in [2.05, 4.69) is 15.7 Å². The second-order valence-electron chi connectivity index (χ2n) is 4.73. The van der Waals surface area contributed by atoms with Gasteiger partial charge >= 0.3 is 0 Å². The summed E-state index contributed by atoms with van der Waals surface area (Å²) in [5, 5.41) is 13.5. The molecule has 0 bridgehead atoms. The third-order valence-electron chi connectivity index (χ3n) is 3.10. The van der Waals surface area contributed by atoms with Crippen molar-refractivity contribution in [2.75, 3.05) is 5.32 Å². The minimum absolute atomic E-state index is 0.214. The lowest BCUT2D eigenvalue weighted by Crippen LogP contribution is -2.22. The fourth-order valence-electron chi connectivity index (χ4n) is 1.95. The van der Waals surface area contributed by atoms with Crippen LogP contribution >= 0.6 is 22.7 Å². The summed E-state index contributed by atoms with van der Waals surface area (Å²) in [4.78, 5) is 25.8. The van der Waals surface area contributed by atoms with Crippen LogP contribution in [-0.2, 0) is 13.6 Å². The van der Waals surface area contributed by atoms with Crippen LogP contribution in [0.3, 0.4) is 0 Å². The van der Waals surface area contributed by atoms with Crippen LogP contribution in [0.2, 0.25) is 0 Å². The number of amides is 2. The van der Waals surface area contributed by atoms with Crippen LogP contribution in [-0.4, -0.2) is 21.6 Å². The van der Waals surface area contributed by atoms with Gasteiger partial charge in [-0.15, -0.1) is 22.7 Å². The molecule has 23 heavy (non-hydrogen) atoms. The first kappa shape index (κ1) is 15.4. The largest absolute Gasteiger partial charge is 0.346 e. The molecule has 0 fully saturated rings. The van der Waals surface area contributed by atoms with Gasteiger partial charge in [0.05, 0.1) is 11.4 Å². The van der Waals surface area contributed by atoms with Crippen molar-refractivity contribution in [1.82, 2.24) is 15.1 Å². The van der Waals surface area contributed by atoms with Crippen molar-refractivity contribution in [2.24, 2.45) is 7.05 Å². The molecule has 0 spiro atoms. The third-order valence-corrected chi connectivity index (χ3v) is 4.85. The summed E-state index contributed by atoms with van der Waals surface area (Å²) in [6.45, 7) is 0.462. The van der Waals surface area contributed by atoms with Crippen LogP contribution in [0.5, 0.6) is 0 Å². The summed E-state index contributed by atoms with van der Waals surface area (Å²) in [6, 6.07) is 9.01. The second-order valence-corrected chi connectivity index (χ2v) is 6.71. The molecule has 0 atom stereocenters. The average Bonchev–Trinajstić information content (AvgIpc) is 3.27. The molecule has 0 aliphatic carbocycles. The first-order chi connectivity index (χ1) is 11.1. The van der Waals surface area contributed by atoms with Crippen molar-refractivity contribution in [1.29, 1.82) is 0 Å². The van der Waals surface area contributed by atoms with Crippen molar-refractivity contribution in [3.8, 4) is 0 Å². The van der Waals surface area contributed by atoms with Crippen LogP contribution < -0.4 is 10.6 Å². The molecule has 3 aromatic heterocycles. The maximum Gasteiger partial charge on any atom is 0.272 e. The number of thiophene rings is 2. The highest BCUT2D eigenvalue weighted by atomic mass is 32.1. The van der Waals surface area contributed by atoms with Crippen molar-refractivity contribution in [3.63, 3.8) is 0 Å². The Labute approximate surface area is 140 Å². The van der Waals surface area contributed by atoms with E-state index in [1.165, 1.54) is 16.0 Å². The fraction of sp³-hybridized carbons (Fsp3) is 0.133. The van der Waals surface area contributed by atoms with Gasteiger partial charge in [0.25, 0.3) is 11.8 Å². The van der Waals surface area contributed by atoms with Gasteiger partial charge in [-0.05, 0) is 22.9 Å². The molecule has 0 radical (unpaired) electrons. The van der Waals surface area contributed by atoms with Gasteiger partial charge < -0.3 is 10.6 Å². The lowest BCUT2D eigenvalue weighted by Gasteiger charge is -2.02. The minimum atomic E-state index is -0.273. The lowest BCUT2D eigenvalue weighted by atomic mass is 10.3. The van der Waals surface area contributed by atoms with Crippen molar-refractivity contribution in [2.45, 2.75) is 6.54 Å². The molecule has 3 aromatic rings. The molecule has 0 saturated carbocycles. The molecule has 0 aliphatic heterocycles. The van der Waals surface area contributed by atoms with E-state index in [1.807, 2.05) is 29.0 Å². The number of aromatic nitrogens is 2. The Morgan fingerprint density at radius 3 is 2.65 bits per heavy atom. The number of anilines is 1. The first-order valence-electron chi connectivity index (χ1n) is 6.83. The molecule has 118 valence electrons. The van der Waals surface area contributed by atoms with Crippen LogP contribution in [0, 0.1) is 0 Å². The SMILES string of the molecule is Cn1nc(C(=O)NCc2cccs2)cc1NC(=O)c1cccs1. The number of aryl methyl sites for hydroxylation is 1. The number of carbonyl (C=O) groups is 2. The van der Waals surface area contributed by atoms with Crippen molar-refractivity contribution < 1.29 is 9.59 Å². The number of nitrogens with zero attached hydrogens (tertiary/aromatic N) is 2. The zero-order chi connectivity index (χ0) is 16.2. The zero-order valence-electron chi connectivity index (χ0n) is 12.3. The van der Waals surface area contributed by atoms with Crippen molar-refractivity contribution >= 4 is 40.3 Å². The molecular weight excluding hydrogens is 332 g/mol. The standard InChI is InChI=1S/C15H14N4O2S2/c1-19-13(17-15(21)12-5-3-7-23-12)8-11(18-19)14(20)16-9-10-4-2-6-22-10/h2-8H,9H2,1H3,(H,16,20)(H,17,21). The summed E-state index contributed by atoms with van der Waals surface area (Å²) in [7, 11) is 1.68. The molecule has 6 nitrogen and oxygen atoms in total. The number of hydrogen-bond donors (Lipinski definition) is 2. The number of hydrogen-bond acceptors (Lipinski definition) is 5. The first-order valence-corrected chi connectivity index (χ1v) is 8.59. The molecule has 3 rings (SSSR count). The quantitative estimate of drug-likeness (QED) is 0.746. The number of rotatable bonds is 5. The van der Waals surface area contributed by atoms with E-state index >= 15 is 0 Å². The molecule has 2 amide bonds. The summed E-state index contributed by atoms with van der Waals surface area (Å²) in [6.07, 6.45) is 0. The minimum Gasteiger partial charge on any atom is -0.346 e. The predicted octanol–water partition coefficient (Wildman–Crippen LogP) is 2.73. The Morgan fingerprint density at radius 1 is 1.17 bits per heavy atom.